The van der Waals surface area contributed by atoms with E-state index < -0.39 is 5.67 Å². The predicted molar refractivity (Wildman–Crippen MR) is 59.4 cm³/mol. The predicted octanol–water partition coefficient (Wildman–Crippen LogP) is 3.20. The lowest BCUT2D eigenvalue weighted by atomic mass is 9.99. The van der Waals surface area contributed by atoms with Crippen LogP contribution in [-0.4, -0.2) is 7.11 Å². The van der Waals surface area contributed by atoms with Gasteiger partial charge in [0.15, 0.2) is 0 Å². The molecule has 0 aliphatic rings. The fraction of sp³-hybridized carbons (Fsp3) is 0.455. The summed E-state index contributed by atoms with van der Waals surface area (Å²) in [4.78, 5) is 4.72. The minimum atomic E-state index is -1.36. The zero-order valence-electron chi connectivity index (χ0n) is 9.10. The smallest absolute Gasteiger partial charge is 0.130 e. The number of halogens is 2. The second-order valence-electron chi connectivity index (χ2n) is 3.80. The van der Waals surface area contributed by atoms with Crippen LogP contribution in [-0.2, 0) is 17.1 Å². The number of alkyl halides is 1. The summed E-state index contributed by atoms with van der Waals surface area (Å²) in [5.41, 5.74) is 2.78. The van der Waals surface area contributed by atoms with Crippen LogP contribution in [0.5, 0.6) is 0 Å². The molecule has 15 heavy (non-hydrogen) atoms. The monoisotopic (exact) mass is 231 g/mol. The van der Waals surface area contributed by atoms with Crippen molar-refractivity contribution < 1.29 is 9.23 Å². The number of benzene rings is 1. The Hall–Kier alpha value is -0.640. The summed E-state index contributed by atoms with van der Waals surface area (Å²) in [6.07, 6.45) is 0. The molecule has 0 saturated carbocycles. The van der Waals surface area contributed by atoms with Crippen LogP contribution in [0.3, 0.4) is 0 Å². The molecule has 0 unspecified atom stereocenters. The van der Waals surface area contributed by atoms with Crippen LogP contribution in [0.25, 0.3) is 0 Å². The lowest BCUT2D eigenvalue weighted by Crippen LogP contribution is -2.13. The topological polar surface area (TPSA) is 21.3 Å². The lowest BCUT2D eigenvalue weighted by molar-refractivity contribution is 0.0867. The van der Waals surface area contributed by atoms with Gasteiger partial charge in [-0.3, -0.25) is 0 Å². The molecule has 0 atom stereocenters. The van der Waals surface area contributed by atoms with Crippen molar-refractivity contribution in [1.82, 2.24) is 5.48 Å². The summed E-state index contributed by atoms with van der Waals surface area (Å²) in [6, 6.07) is 5.18. The van der Waals surface area contributed by atoms with Crippen LogP contribution in [0.15, 0.2) is 18.2 Å². The van der Waals surface area contributed by atoms with E-state index in [0.29, 0.717) is 17.1 Å². The van der Waals surface area contributed by atoms with Crippen molar-refractivity contribution in [3.8, 4) is 0 Å². The molecule has 1 aromatic carbocycles. The van der Waals surface area contributed by atoms with E-state index in [1.54, 1.807) is 18.2 Å². The number of rotatable bonds is 4. The van der Waals surface area contributed by atoms with Gasteiger partial charge in [0.05, 0.1) is 7.11 Å². The normalized spacial score (nSPS) is 11.8. The molecule has 0 spiro atoms. The molecule has 1 aromatic rings. The second kappa shape index (κ2) is 4.92. The molecule has 0 aliphatic carbocycles. The Kier molecular flexibility index (Phi) is 4.08. The Morgan fingerprint density at radius 2 is 2.13 bits per heavy atom. The van der Waals surface area contributed by atoms with Crippen LogP contribution in [0.1, 0.15) is 25.0 Å². The van der Waals surface area contributed by atoms with E-state index >= 15 is 0 Å². The first-order valence-electron chi connectivity index (χ1n) is 4.69. The van der Waals surface area contributed by atoms with Gasteiger partial charge >= 0.3 is 0 Å². The van der Waals surface area contributed by atoms with E-state index in [2.05, 4.69) is 5.48 Å². The highest BCUT2D eigenvalue weighted by Gasteiger charge is 2.19. The maximum absolute atomic E-state index is 13.6. The maximum Gasteiger partial charge on any atom is 0.130 e. The zero-order chi connectivity index (χ0) is 11.5. The highest BCUT2D eigenvalue weighted by atomic mass is 35.5. The van der Waals surface area contributed by atoms with E-state index in [9.17, 15) is 4.39 Å². The van der Waals surface area contributed by atoms with Crippen molar-refractivity contribution in [1.29, 1.82) is 0 Å². The van der Waals surface area contributed by atoms with Gasteiger partial charge in [-0.25, -0.2) is 4.39 Å². The first kappa shape index (κ1) is 12.4. The molecule has 0 amide bonds. The summed E-state index contributed by atoms with van der Waals surface area (Å²) >= 11 is 6.01. The third kappa shape index (κ3) is 3.45. The summed E-state index contributed by atoms with van der Waals surface area (Å²) in [5.74, 6) is 0. The molecule has 0 bridgehead atoms. The average Bonchev–Trinajstić information content (AvgIpc) is 2.14. The Labute approximate surface area is 94.3 Å². The number of nitrogens with one attached hydrogen (secondary N) is 1. The Bertz CT molecular complexity index is 336. The average molecular weight is 232 g/mol. The number of hydrogen-bond donors (Lipinski definition) is 1. The van der Waals surface area contributed by atoms with Crippen molar-refractivity contribution in [2.75, 3.05) is 7.11 Å². The Morgan fingerprint density at radius 1 is 1.47 bits per heavy atom. The molecule has 0 fully saturated rings. The molecule has 0 heterocycles. The van der Waals surface area contributed by atoms with Gasteiger partial charge in [0.25, 0.3) is 0 Å². The van der Waals surface area contributed by atoms with Crippen LogP contribution in [0, 0.1) is 0 Å². The van der Waals surface area contributed by atoms with Gasteiger partial charge in [0.2, 0.25) is 0 Å². The van der Waals surface area contributed by atoms with Gasteiger partial charge in [-0.2, -0.15) is 5.48 Å². The van der Waals surface area contributed by atoms with Crippen molar-refractivity contribution in [2.24, 2.45) is 0 Å². The van der Waals surface area contributed by atoms with Crippen molar-refractivity contribution in [3.05, 3.63) is 34.3 Å². The van der Waals surface area contributed by atoms with E-state index in [1.165, 1.54) is 21.0 Å². The lowest BCUT2D eigenvalue weighted by Gasteiger charge is -2.16. The molecule has 2 nitrogen and oxygen atoms in total. The highest BCUT2D eigenvalue weighted by molar-refractivity contribution is 6.31. The van der Waals surface area contributed by atoms with Crippen LogP contribution >= 0.6 is 11.6 Å². The molecule has 84 valence electrons. The second-order valence-corrected chi connectivity index (χ2v) is 4.21. The molecule has 4 heteroatoms. The van der Waals surface area contributed by atoms with Gasteiger partial charge in [-0.05, 0) is 31.0 Å². The van der Waals surface area contributed by atoms with Gasteiger partial charge in [-0.15, -0.1) is 0 Å². The molecular weight excluding hydrogens is 217 g/mol. The highest BCUT2D eigenvalue weighted by Crippen LogP contribution is 2.28. The third-order valence-corrected chi connectivity index (χ3v) is 2.50. The molecule has 0 saturated heterocycles. The minimum Gasteiger partial charge on any atom is -0.305 e. The zero-order valence-corrected chi connectivity index (χ0v) is 9.86. The van der Waals surface area contributed by atoms with E-state index in [4.69, 9.17) is 16.4 Å². The van der Waals surface area contributed by atoms with E-state index in [1.807, 2.05) is 0 Å². The molecule has 0 aliphatic heterocycles. The first-order valence-corrected chi connectivity index (χ1v) is 5.06. The SMILES string of the molecule is CONCc1ccc(C(C)(C)F)cc1Cl. The fourth-order valence-corrected chi connectivity index (χ4v) is 1.46. The maximum atomic E-state index is 13.6. The molecule has 0 aromatic heterocycles. The number of hydrogen-bond acceptors (Lipinski definition) is 2. The van der Waals surface area contributed by atoms with Gasteiger partial charge in [0, 0.05) is 11.6 Å². The van der Waals surface area contributed by atoms with Crippen molar-refractivity contribution in [3.63, 3.8) is 0 Å². The van der Waals surface area contributed by atoms with Crippen LogP contribution < -0.4 is 5.48 Å². The van der Waals surface area contributed by atoms with Crippen molar-refractivity contribution >= 4 is 11.6 Å². The summed E-state index contributed by atoms with van der Waals surface area (Å²) in [6.45, 7) is 3.51. The standard InChI is InChI=1S/C11H15ClFNO/c1-11(2,13)9-5-4-8(7-14-15-3)10(12)6-9/h4-6,14H,7H2,1-3H3. The summed E-state index contributed by atoms with van der Waals surface area (Å²) in [7, 11) is 1.53. The minimum absolute atomic E-state index is 0.502. The Balaban J connectivity index is 2.88. The molecular formula is C11H15ClFNO. The quantitative estimate of drug-likeness (QED) is 0.804. The summed E-state index contributed by atoms with van der Waals surface area (Å²) < 4.78 is 13.6. The molecule has 1 N–H and O–H groups in total. The molecule has 1 rings (SSSR count). The van der Waals surface area contributed by atoms with E-state index in [0.717, 1.165) is 5.56 Å². The van der Waals surface area contributed by atoms with Gasteiger partial charge < -0.3 is 4.84 Å². The third-order valence-electron chi connectivity index (χ3n) is 2.15. The largest absolute Gasteiger partial charge is 0.305 e. The summed E-state index contributed by atoms with van der Waals surface area (Å²) in [5, 5.41) is 0.544. The van der Waals surface area contributed by atoms with Gasteiger partial charge in [0.1, 0.15) is 5.67 Å². The Morgan fingerprint density at radius 3 is 2.60 bits per heavy atom. The van der Waals surface area contributed by atoms with Gasteiger partial charge in [-0.1, -0.05) is 23.7 Å². The first-order chi connectivity index (χ1) is 6.95. The molecule has 0 radical (unpaired) electrons. The van der Waals surface area contributed by atoms with Crippen LogP contribution in [0.2, 0.25) is 5.02 Å². The van der Waals surface area contributed by atoms with E-state index in [-0.39, 0.29) is 0 Å². The fourth-order valence-electron chi connectivity index (χ4n) is 1.21. The van der Waals surface area contributed by atoms with Crippen LogP contribution in [0.4, 0.5) is 4.39 Å². The van der Waals surface area contributed by atoms with Crippen molar-refractivity contribution in [2.45, 2.75) is 26.1 Å². The number of hydroxylamine groups is 1.